The molecule has 0 saturated heterocycles. The van der Waals surface area contributed by atoms with Gasteiger partial charge in [0.2, 0.25) is 0 Å². The number of allylic oxidation sites excluding steroid dienone is 1. The van der Waals surface area contributed by atoms with Crippen LogP contribution in [-0.4, -0.2) is 5.88 Å². The van der Waals surface area contributed by atoms with Crippen molar-refractivity contribution in [1.82, 2.24) is 0 Å². The van der Waals surface area contributed by atoms with Crippen molar-refractivity contribution >= 4 is 23.3 Å². The minimum Gasteiger partial charge on any atom is -0.207 e. The Kier molecular flexibility index (Phi) is 4.27. The first-order valence-corrected chi connectivity index (χ1v) is 6.12. The van der Waals surface area contributed by atoms with Crippen molar-refractivity contribution in [3.63, 3.8) is 0 Å². The van der Waals surface area contributed by atoms with Crippen molar-refractivity contribution in [3.05, 3.63) is 71.0 Å². The lowest BCUT2D eigenvalue weighted by Crippen LogP contribution is -1.93. The van der Waals surface area contributed by atoms with E-state index in [4.69, 9.17) is 11.6 Å². The fourth-order valence-electron chi connectivity index (χ4n) is 1.72. The third-order valence-electron chi connectivity index (χ3n) is 2.66. The van der Waals surface area contributed by atoms with E-state index in [1.807, 2.05) is 0 Å². The molecule has 0 radical (unpaired) electrons. The predicted molar refractivity (Wildman–Crippen MR) is 71.3 cm³/mol. The number of rotatable bonds is 3. The number of benzene rings is 2. The second kappa shape index (κ2) is 5.93. The van der Waals surface area contributed by atoms with Gasteiger partial charge in [0.25, 0.3) is 0 Å². The highest BCUT2D eigenvalue weighted by atomic mass is 35.5. The lowest BCUT2D eigenvalue weighted by molar-refractivity contribution is 0.581. The molecule has 4 heteroatoms. The molecule has 0 aromatic heterocycles. The summed E-state index contributed by atoms with van der Waals surface area (Å²) in [4.78, 5) is 0. The van der Waals surface area contributed by atoms with E-state index in [0.29, 0.717) is 11.1 Å². The van der Waals surface area contributed by atoms with Gasteiger partial charge in [0, 0.05) is 23.1 Å². The van der Waals surface area contributed by atoms with Crippen LogP contribution < -0.4 is 0 Å². The van der Waals surface area contributed by atoms with Gasteiger partial charge in [-0.15, -0.1) is 11.6 Å². The molecule has 0 unspecified atom stereocenters. The maximum Gasteiger partial charge on any atom is 0.133 e. The fourth-order valence-corrected chi connectivity index (χ4v) is 1.94. The Balaban J connectivity index is 2.48. The van der Waals surface area contributed by atoms with Crippen molar-refractivity contribution in [2.45, 2.75) is 0 Å². The lowest BCUT2D eigenvalue weighted by atomic mass is 10.0. The lowest BCUT2D eigenvalue weighted by Gasteiger charge is -2.06. The molecule has 0 amide bonds. The molecule has 0 fully saturated rings. The van der Waals surface area contributed by atoms with Crippen molar-refractivity contribution in [2.24, 2.45) is 0 Å². The molecule has 19 heavy (non-hydrogen) atoms. The fraction of sp³-hybridized carbons (Fsp3) is 0.0667. The maximum atomic E-state index is 13.7. The summed E-state index contributed by atoms with van der Waals surface area (Å²) in [5, 5.41) is 0. The zero-order valence-electron chi connectivity index (χ0n) is 9.84. The average Bonchev–Trinajstić information content (AvgIpc) is 2.39. The van der Waals surface area contributed by atoms with Gasteiger partial charge in [-0.2, -0.15) is 0 Å². The Hall–Kier alpha value is -1.74. The van der Waals surface area contributed by atoms with Crippen LogP contribution >= 0.6 is 11.6 Å². The Morgan fingerprint density at radius 3 is 2.37 bits per heavy atom. The molecule has 0 atom stereocenters. The second-order valence-electron chi connectivity index (χ2n) is 3.95. The SMILES string of the molecule is Fc1ccc(/C(=C/c2ccccc2F)CCl)c(F)c1. The van der Waals surface area contributed by atoms with Gasteiger partial charge in [0.1, 0.15) is 17.5 Å². The minimum absolute atomic E-state index is 0.00309. The second-order valence-corrected chi connectivity index (χ2v) is 4.22. The zero-order chi connectivity index (χ0) is 13.8. The summed E-state index contributed by atoms with van der Waals surface area (Å²) in [5.41, 5.74) is 0.866. The zero-order valence-corrected chi connectivity index (χ0v) is 10.6. The molecule has 0 nitrogen and oxygen atoms in total. The van der Waals surface area contributed by atoms with Gasteiger partial charge < -0.3 is 0 Å². The van der Waals surface area contributed by atoms with Crippen LogP contribution in [0.3, 0.4) is 0 Å². The third-order valence-corrected chi connectivity index (χ3v) is 2.94. The average molecular weight is 283 g/mol. The van der Waals surface area contributed by atoms with E-state index in [0.717, 1.165) is 12.1 Å². The van der Waals surface area contributed by atoms with Gasteiger partial charge in [0.15, 0.2) is 0 Å². The Morgan fingerprint density at radius 1 is 1.00 bits per heavy atom. The number of hydrogen-bond acceptors (Lipinski definition) is 0. The van der Waals surface area contributed by atoms with Gasteiger partial charge in [-0.1, -0.05) is 18.2 Å². The molecule has 2 rings (SSSR count). The first-order chi connectivity index (χ1) is 9.11. The van der Waals surface area contributed by atoms with Crippen LogP contribution in [0, 0.1) is 17.5 Å². The predicted octanol–water partition coefficient (Wildman–Crippen LogP) is 4.88. The standard InChI is InChI=1S/C15H10ClF3/c16-9-11(7-10-3-1-2-4-14(10)18)13-6-5-12(17)8-15(13)19/h1-8H,9H2/b11-7+. The molecular weight excluding hydrogens is 273 g/mol. The van der Waals surface area contributed by atoms with Gasteiger partial charge >= 0.3 is 0 Å². The number of halogens is 4. The molecular formula is C15H10ClF3. The smallest absolute Gasteiger partial charge is 0.133 e. The van der Waals surface area contributed by atoms with E-state index in [1.165, 1.54) is 18.2 Å². The largest absolute Gasteiger partial charge is 0.207 e. The molecule has 0 heterocycles. The van der Waals surface area contributed by atoms with E-state index < -0.39 is 17.5 Å². The summed E-state index contributed by atoms with van der Waals surface area (Å²) in [6.07, 6.45) is 1.46. The van der Waals surface area contributed by atoms with Crippen LogP contribution in [0.15, 0.2) is 42.5 Å². The summed E-state index contributed by atoms with van der Waals surface area (Å²) in [5.74, 6) is -1.81. The van der Waals surface area contributed by atoms with Gasteiger partial charge in [-0.25, -0.2) is 13.2 Å². The molecule has 0 aliphatic carbocycles. The Bertz CT molecular complexity index is 621. The van der Waals surface area contributed by atoms with E-state index in [9.17, 15) is 13.2 Å². The van der Waals surface area contributed by atoms with E-state index >= 15 is 0 Å². The van der Waals surface area contributed by atoms with Gasteiger partial charge in [0.05, 0.1) is 0 Å². The highest BCUT2D eigenvalue weighted by molar-refractivity contribution is 6.24. The van der Waals surface area contributed by atoms with Crippen molar-refractivity contribution in [1.29, 1.82) is 0 Å². The molecule has 0 N–H and O–H groups in total. The molecule has 0 aliphatic rings. The third kappa shape index (κ3) is 3.18. The molecule has 98 valence electrons. The maximum absolute atomic E-state index is 13.7. The summed E-state index contributed by atoms with van der Waals surface area (Å²) in [6, 6.07) is 9.30. The summed E-state index contributed by atoms with van der Waals surface area (Å²) in [6.45, 7) is 0. The highest BCUT2D eigenvalue weighted by Gasteiger charge is 2.09. The molecule has 0 spiro atoms. The van der Waals surface area contributed by atoms with Crippen LogP contribution in [0.25, 0.3) is 11.6 Å². The van der Waals surface area contributed by atoms with Gasteiger partial charge in [-0.3, -0.25) is 0 Å². The van der Waals surface area contributed by atoms with Crippen molar-refractivity contribution in [2.75, 3.05) is 5.88 Å². The molecule has 0 bridgehead atoms. The highest BCUT2D eigenvalue weighted by Crippen LogP contribution is 2.24. The van der Waals surface area contributed by atoms with Crippen molar-refractivity contribution < 1.29 is 13.2 Å². The topological polar surface area (TPSA) is 0 Å². The first-order valence-electron chi connectivity index (χ1n) is 5.58. The summed E-state index contributed by atoms with van der Waals surface area (Å²) in [7, 11) is 0. The Morgan fingerprint density at radius 2 is 1.74 bits per heavy atom. The van der Waals surface area contributed by atoms with E-state index in [-0.39, 0.29) is 11.4 Å². The molecule has 2 aromatic carbocycles. The van der Waals surface area contributed by atoms with Crippen LogP contribution in [0.2, 0.25) is 0 Å². The normalized spacial score (nSPS) is 11.7. The molecule has 0 saturated carbocycles. The van der Waals surface area contributed by atoms with E-state index in [1.54, 1.807) is 18.2 Å². The number of alkyl halides is 1. The summed E-state index contributed by atoms with van der Waals surface area (Å²) >= 11 is 5.76. The molecule has 0 aliphatic heterocycles. The molecule has 2 aromatic rings. The quantitative estimate of drug-likeness (QED) is 0.556. The van der Waals surface area contributed by atoms with Gasteiger partial charge in [-0.05, 0) is 29.8 Å². The van der Waals surface area contributed by atoms with E-state index in [2.05, 4.69) is 0 Å². The first kappa shape index (κ1) is 13.7. The van der Waals surface area contributed by atoms with Crippen LogP contribution in [0.4, 0.5) is 13.2 Å². The van der Waals surface area contributed by atoms with Crippen LogP contribution in [0.5, 0.6) is 0 Å². The van der Waals surface area contributed by atoms with Crippen molar-refractivity contribution in [3.8, 4) is 0 Å². The Labute approximate surface area is 114 Å². The van der Waals surface area contributed by atoms with Crippen LogP contribution in [0.1, 0.15) is 11.1 Å². The van der Waals surface area contributed by atoms with Crippen LogP contribution in [-0.2, 0) is 0 Å². The summed E-state index contributed by atoms with van der Waals surface area (Å²) < 4.78 is 40.0. The monoisotopic (exact) mass is 282 g/mol. The number of hydrogen-bond donors (Lipinski definition) is 0. The minimum atomic E-state index is -0.719.